The summed E-state index contributed by atoms with van der Waals surface area (Å²) in [5, 5.41) is 0.627. The second kappa shape index (κ2) is 9.38. The van der Waals surface area contributed by atoms with Crippen LogP contribution in [0.25, 0.3) is 22.4 Å². The van der Waals surface area contributed by atoms with Gasteiger partial charge in [-0.2, -0.15) is 0 Å². The zero-order valence-corrected chi connectivity index (χ0v) is 16.7. The highest BCUT2D eigenvalue weighted by molar-refractivity contribution is 6.31. The zero-order valence-electron chi connectivity index (χ0n) is 15.9. The SMILES string of the molecule is CCCOc1ccc(Cl)cc1-c1ccccc1-c1cccc(C(=O)OCC)n1. The van der Waals surface area contributed by atoms with Crippen LogP contribution in [0, 0.1) is 0 Å². The fourth-order valence-corrected chi connectivity index (χ4v) is 3.07. The number of carbonyl (C=O) groups excluding carboxylic acids is 1. The van der Waals surface area contributed by atoms with Crippen molar-refractivity contribution in [3.05, 3.63) is 71.4 Å². The molecule has 1 heterocycles. The van der Waals surface area contributed by atoms with E-state index in [1.54, 1.807) is 19.1 Å². The van der Waals surface area contributed by atoms with E-state index in [0.717, 1.165) is 28.9 Å². The Morgan fingerprint density at radius 2 is 1.75 bits per heavy atom. The summed E-state index contributed by atoms with van der Waals surface area (Å²) in [7, 11) is 0. The number of halogens is 1. The van der Waals surface area contributed by atoms with E-state index in [9.17, 15) is 4.79 Å². The van der Waals surface area contributed by atoms with Gasteiger partial charge >= 0.3 is 5.97 Å². The molecule has 0 aliphatic heterocycles. The molecule has 4 nitrogen and oxygen atoms in total. The summed E-state index contributed by atoms with van der Waals surface area (Å²) in [6.45, 7) is 4.76. The number of benzene rings is 2. The number of nitrogens with zero attached hydrogens (tertiary/aromatic N) is 1. The molecule has 0 saturated carbocycles. The lowest BCUT2D eigenvalue weighted by molar-refractivity contribution is 0.0519. The van der Waals surface area contributed by atoms with Crippen molar-refractivity contribution in [3.8, 4) is 28.1 Å². The lowest BCUT2D eigenvalue weighted by atomic mass is 9.96. The Labute approximate surface area is 170 Å². The van der Waals surface area contributed by atoms with E-state index in [2.05, 4.69) is 11.9 Å². The summed E-state index contributed by atoms with van der Waals surface area (Å²) in [5.41, 5.74) is 3.67. The van der Waals surface area contributed by atoms with Crippen molar-refractivity contribution in [2.75, 3.05) is 13.2 Å². The van der Waals surface area contributed by atoms with Gasteiger partial charge in [0.15, 0.2) is 0 Å². The molecular formula is C23H22ClNO3. The molecule has 2 aromatic carbocycles. The van der Waals surface area contributed by atoms with Crippen LogP contribution >= 0.6 is 11.6 Å². The van der Waals surface area contributed by atoms with Crippen molar-refractivity contribution in [2.45, 2.75) is 20.3 Å². The van der Waals surface area contributed by atoms with Crippen LogP contribution in [0.5, 0.6) is 5.75 Å². The number of rotatable bonds is 7. The van der Waals surface area contributed by atoms with Gasteiger partial charge in [-0.3, -0.25) is 0 Å². The number of ether oxygens (including phenoxy) is 2. The third kappa shape index (κ3) is 4.52. The first kappa shape index (κ1) is 19.9. The minimum Gasteiger partial charge on any atom is -0.493 e. The minimum absolute atomic E-state index is 0.280. The molecule has 0 bridgehead atoms. The second-order valence-electron chi connectivity index (χ2n) is 6.16. The Morgan fingerprint density at radius 1 is 0.964 bits per heavy atom. The summed E-state index contributed by atoms with van der Waals surface area (Å²) in [4.78, 5) is 16.6. The van der Waals surface area contributed by atoms with Crippen molar-refractivity contribution < 1.29 is 14.3 Å². The molecule has 0 spiro atoms. The maximum absolute atomic E-state index is 12.1. The van der Waals surface area contributed by atoms with Crippen molar-refractivity contribution in [1.82, 2.24) is 4.98 Å². The maximum atomic E-state index is 12.1. The predicted molar refractivity (Wildman–Crippen MR) is 112 cm³/mol. The highest BCUT2D eigenvalue weighted by atomic mass is 35.5. The molecule has 5 heteroatoms. The molecule has 0 N–H and O–H groups in total. The first-order valence-corrected chi connectivity index (χ1v) is 9.68. The van der Waals surface area contributed by atoms with Gasteiger partial charge in [0, 0.05) is 16.1 Å². The third-order valence-corrected chi connectivity index (χ3v) is 4.37. The van der Waals surface area contributed by atoms with Crippen LogP contribution < -0.4 is 4.74 Å². The molecule has 3 aromatic rings. The number of esters is 1. The Hall–Kier alpha value is -2.85. The van der Waals surface area contributed by atoms with Crippen LogP contribution in [0.3, 0.4) is 0 Å². The van der Waals surface area contributed by atoms with E-state index in [0.29, 0.717) is 23.9 Å². The Balaban J connectivity index is 2.10. The molecule has 0 radical (unpaired) electrons. The summed E-state index contributed by atoms with van der Waals surface area (Å²) < 4.78 is 11.0. The quantitative estimate of drug-likeness (QED) is 0.458. The molecule has 0 aliphatic rings. The molecule has 0 unspecified atom stereocenters. The number of aromatic nitrogens is 1. The molecule has 1 aromatic heterocycles. The number of hydrogen-bond donors (Lipinski definition) is 0. The second-order valence-corrected chi connectivity index (χ2v) is 6.60. The average Bonchev–Trinajstić information content (AvgIpc) is 2.73. The number of hydrogen-bond acceptors (Lipinski definition) is 4. The lowest BCUT2D eigenvalue weighted by Gasteiger charge is -2.15. The van der Waals surface area contributed by atoms with E-state index in [4.69, 9.17) is 21.1 Å². The Morgan fingerprint density at radius 3 is 2.50 bits per heavy atom. The third-order valence-electron chi connectivity index (χ3n) is 4.13. The van der Waals surface area contributed by atoms with Crippen LogP contribution in [0.15, 0.2) is 60.7 Å². The summed E-state index contributed by atoms with van der Waals surface area (Å²) in [6, 6.07) is 18.8. The van der Waals surface area contributed by atoms with Crippen molar-refractivity contribution in [2.24, 2.45) is 0 Å². The van der Waals surface area contributed by atoms with Gasteiger partial charge in [0.25, 0.3) is 0 Å². The fourth-order valence-electron chi connectivity index (χ4n) is 2.90. The van der Waals surface area contributed by atoms with E-state index in [1.807, 2.05) is 48.5 Å². The molecule has 144 valence electrons. The molecule has 0 amide bonds. The summed E-state index contributed by atoms with van der Waals surface area (Å²) in [6.07, 6.45) is 0.910. The molecule has 0 atom stereocenters. The van der Waals surface area contributed by atoms with Crippen LogP contribution in [-0.4, -0.2) is 24.2 Å². The van der Waals surface area contributed by atoms with Crippen molar-refractivity contribution in [3.63, 3.8) is 0 Å². The summed E-state index contributed by atoms with van der Waals surface area (Å²) >= 11 is 6.27. The van der Waals surface area contributed by atoms with E-state index in [1.165, 1.54) is 0 Å². The van der Waals surface area contributed by atoms with Gasteiger partial charge < -0.3 is 9.47 Å². The van der Waals surface area contributed by atoms with Crippen LogP contribution in [0.4, 0.5) is 0 Å². The zero-order chi connectivity index (χ0) is 19.9. The maximum Gasteiger partial charge on any atom is 0.356 e. The van der Waals surface area contributed by atoms with Crippen LogP contribution in [0.2, 0.25) is 5.02 Å². The Bertz CT molecular complexity index is 972. The largest absolute Gasteiger partial charge is 0.493 e. The molecule has 0 saturated heterocycles. The molecular weight excluding hydrogens is 374 g/mol. The highest BCUT2D eigenvalue weighted by Gasteiger charge is 2.15. The summed E-state index contributed by atoms with van der Waals surface area (Å²) in [5.74, 6) is 0.330. The fraction of sp³-hybridized carbons (Fsp3) is 0.217. The van der Waals surface area contributed by atoms with Gasteiger partial charge in [-0.25, -0.2) is 9.78 Å². The normalized spacial score (nSPS) is 10.5. The number of carbonyl (C=O) groups is 1. The molecule has 0 aliphatic carbocycles. The van der Waals surface area contributed by atoms with Crippen LogP contribution in [-0.2, 0) is 4.74 Å². The minimum atomic E-state index is -0.434. The first-order chi connectivity index (χ1) is 13.6. The average molecular weight is 396 g/mol. The van der Waals surface area contributed by atoms with Gasteiger partial charge in [-0.15, -0.1) is 0 Å². The highest BCUT2D eigenvalue weighted by Crippen LogP contribution is 2.38. The smallest absolute Gasteiger partial charge is 0.356 e. The molecule has 3 rings (SSSR count). The van der Waals surface area contributed by atoms with Crippen molar-refractivity contribution in [1.29, 1.82) is 0 Å². The van der Waals surface area contributed by atoms with E-state index < -0.39 is 5.97 Å². The van der Waals surface area contributed by atoms with E-state index >= 15 is 0 Å². The van der Waals surface area contributed by atoms with Gasteiger partial charge in [0.1, 0.15) is 11.4 Å². The van der Waals surface area contributed by atoms with Gasteiger partial charge in [-0.1, -0.05) is 48.9 Å². The van der Waals surface area contributed by atoms with E-state index in [-0.39, 0.29) is 5.69 Å². The first-order valence-electron chi connectivity index (χ1n) is 9.30. The van der Waals surface area contributed by atoms with Gasteiger partial charge in [0.05, 0.1) is 18.9 Å². The van der Waals surface area contributed by atoms with Gasteiger partial charge in [-0.05, 0) is 49.2 Å². The molecule has 28 heavy (non-hydrogen) atoms. The lowest BCUT2D eigenvalue weighted by Crippen LogP contribution is -2.07. The molecule has 0 fully saturated rings. The van der Waals surface area contributed by atoms with Gasteiger partial charge in [0.2, 0.25) is 0 Å². The standard InChI is InChI=1S/C23H22ClNO3/c1-3-14-28-22-13-12-16(24)15-19(22)17-8-5-6-9-18(17)20-10-7-11-21(25-20)23(26)27-4-2/h5-13,15H,3-4,14H2,1-2H3. The topological polar surface area (TPSA) is 48.4 Å². The van der Waals surface area contributed by atoms with Crippen molar-refractivity contribution >= 4 is 17.6 Å². The number of pyridine rings is 1. The monoisotopic (exact) mass is 395 g/mol. The predicted octanol–water partition coefficient (Wildman–Crippen LogP) is 6.03. The Kier molecular flexibility index (Phi) is 6.66. The van der Waals surface area contributed by atoms with Crippen LogP contribution in [0.1, 0.15) is 30.8 Å².